The average molecular weight is 494 g/mol. The van der Waals surface area contributed by atoms with Crippen LogP contribution in [0.1, 0.15) is 23.7 Å². The van der Waals surface area contributed by atoms with Gasteiger partial charge in [-0.25, -0.2) is 4.98 Å². The maximum atomic E-state index is 11.5. The fourth-order valence-corrected chi connectivity index (χ4v) is 3.83. The standard InChI is InChI=1S/C22H21Cl2N3O4S/c1-3-30-21(28)10-15-13-32-22(26-15)27-25-11-14-7-8-19(29-2)20(9-14)31-12-16-17(23)5-4-6-18(16)24/h4-9,11,13H,3,10,12H2,1-2H3,(H,26,27). The first-order chi connectivity index (χ1) is 15.5. The molecule has 0 bridgehead atoms. The summed E-state index contributed by atoms with van der Waals surface area (Å²) in [7, 11) is 1.57. The van der Waals surface area contributed by atoms with Crippen LogP contribution in [0.25, 0.3) is 0 Å². The second-order valence-electron chi connectivity index (χ2n) is 6.39. The Morgan fingerprint density at radius 1 is 1.22 bits per heavy atom. The summed E-state index contributed by atoms with van der Waals surface area (Å²) in [5.41, 5.74) is 4.96. The van der Waals surface area contributed by atoms with E-state index in [0.29, 0.717) is 44.5 Å². The maximum absolute atomic E-state index is 11.5. The maximum Gasteiger partial charge on any atom is 0.311 e. The van der Waals surface area contributed by atoms with E-state index >= 15 is 0 Å². The number of esters is 1. The summed E-state index contributed by atoms with van der Waals surface area (Å²) >= 11 is 13.8. The highest BCUT2D eigenvalue weighted by molar-refractivity contribution is 7.13. The molecule has 0 spiro atoms. The van der Waals surface area contributed by atoms with Gasteiger partial charge in [0.1, 0.15) is 6.61 Å². The molecule has 0 saturated heterocycles. The summed E-state index contributed by atoms with van der Waals surface area (Å²) in [6.07, 6.45) is 1.76. The van der Waals surface area contributed by atoms with Gasteiger partial charge in [-0.2, -0.15) is 5.10 Å². The quantitative estimate of drug-likeness (QED) is 0.225. The van der Waals surface area contributed by atoms with E-state index in [1.165, 1.54) is 11.3 Å². The topological polar surface area (TPSA) is 82.0 Å². The Bertz CT molecular complexity index is 1080. The van der Waals surface area contributed by atoms with E-state index in [1.807, 2.05) is 6.07 Å². The third kappa shape index (κ3) is 6.59. The van der Waals surface area contributed by atoms with Gasteiger partial charge < -0.3 is 14.2 Å². The number of benzene rings is 2. The number of hydrogen-bond donors (Lipinski definition) is 1. The van der Waals surface area contributed by atoms with Crippen molar-refractivity contribution in [1.29, 1.82) is 0 Å². The highest BCUT2D eigenvalue weighted by Crippen LogP contribution is 2.31. The predicted octanol–water partition coefficient (Wildman–Crippen LogP) is 5.59. The Balaban J connectivity index is 1.64. The Kier molecular flexibility index (Phi) is 8.72. The van der Waals surface area contributed by atoms with Crippen LogP contribution in [-0.4, -0.2) is 30.9 Å². The van der Waals surface area contributed by atoms with Crippen molar-refractivity contribution in [2.75, 3.05) is 19.1 Å². The molecule has 10 heteroatoms. The lowest BCUT2D eigenvalue weighted by Gasteiger charge is -2.13. The van der Waals surface area contributed by atoms with Gasteiger partial charge in [-0.05, 0) is 42.8 Å². The number of aromatic nitrogens is 1. The summed E-state index contributed by atoms with van der Waals surface area (Å²) in [5, 5.41) is 7.62. The van der Waals surface area contributed by atoms with Crippen LogP contribution < -0.4 is 14.9 Å². The van der Waals surface area contributed by atoms with Gasteiger partial charge in [0.2, 0.25) is 5.13 Å². The third-order valence-corrected chi connectivity index (χ3v) is 5.68. The van der Waals surface area contributed by atoms with Crippen molar-refractivity contribution in [3.8, 4) is 11.5 Å². The van der Waals surface area contributed by atoms with Crippen LogP contribution in [0.4, 0.5) is 5.13 Å². The van der Waals surface area contributed by atoms with E-state index in [-0.39, 0.29) is 19.0 Å². The van der Waals surface area contributed by atoms with Gasteiger partial charge in [0.15, 0.2) is 11.5 Å². The lowest BCUT2D eigenvalue weighted by atomic mass is 10.2. The zero-order chi connectivity index (χ0) is 22.9. The van der Waals surface area contributed by atoms with Crippen LogP contribution in [0, 0.1) is 0 Å². The number of methoxy groups -OCH3 is 1. The summed E-state index contributed by atoms with van der Waals surface area (Å²) in [5.74, 6) is 0.789. The summed E-state index contributed by atoms with van der Waals surface area (Å²) in [6.45, 7) is 2.30. The molecule has 0 unspecified atom stereocenters. The van der Waals surface area contributed by atoms with E-state index in [1.54, 1.807) is 56.0 Å². The van der Waals surface area contributed by atoms with Crippen LogP contribution in [0.15, 0.2) is 46.9 Å². The molecule has 0 atom stereocenters. The molecular weight excluding hydrogens is 473 g/mol. The number of hydrazone groups is 1. The second kappa shape index (κ2) is 11.7. The summed E-state index contributed by atoms with van der Waals surface area (Å²) < 4.78 is 16.2. The zero-order valence-corrected chi connectivity index (χ0v) is 19.8. The molecule has 7 nitrogen and oxygen atoms in total. The minimum absolute atomic E-state index is 0.129. The molecule has 2 aromatic carbocycles. The largest absolute Gasteiger partial charge is 0.493 e. The van der Waals surface area contributed by atoms with Gasteiger partial charge in [0.05, 0.1) is 32.0 Å². The number of hydrogen-bond acceptors (Lipinski definition) is 8. The van der Waals surface area contributed by atoms with Crippen LogP contribution in [-0.2, 0) is 22.6 Å². The minimum Gasteiger partial charge on any atom is -0.493 e. The molecule has 0 aliphatic carbocycles. The lowest BCUT2D eigenvalue weighted by molar-refractivity contribution is -0.142. The van der Waals surface area contributed by atoms with Crippen molar-refractivity contribution in [3.05, 3.63) is 68.6 Å². The molecule has 3 rings (SSSR count). The number of anilines is 1. The molecule has 1 aromatic heterocycles. The van der Waals surface area contributed by atoms with Crippen molar-refractivity contribution in [1.82, 2.24) is 4.98 Å². The molecule has 3 aromatic rings. The number of nitrogens with one attached hydrogen (secondary N) is 1. The van der Waals surface area contributed by atoms with Crippen molar-refractivity contribution in [3.63, 3.8) is 0 Å². The summed E-state index contributed by atoms with van der Waals surface area (Å²) in [6, 6.07) is 10.7. The number of ether oxygens (including phenoxy) is 3. The third-order valence-electron chi connectivity index (χ3n) is 4.18. The van der Waals surface area contributed by atoms with E-state index in [9.17, 15) is 4.79 Å². The highest BCUT2D eigenvalue weighted by Gasteiger charge is 2.10. The molecule has 0 aliphatic heterocycles. The van der Waals surface area contributed by atoms with E-state index in [4.69, 9.17) is 37.4 Å². The van der Waals surface area contributed by atoms with Crippen LogP contribution in [0.2, 0.25) is 10.0 Å². The van der Waals surface area contributed by atoms with E-state index in [2.05, 4.69) is 15.5 Å². The lowest BCUT2D eigenvalue weighted by Crippen LogP contribution is -2.07. The number of halogens is 2. The van der Waals surface area contributed by atoms with Gasteiger partial charge in [-0.3, -0.25) is 10.2 Å². The van der Waals surface area contributed by atoms with Crippen LogP contribution in [0.3, 0.4) is 0 Å². The fraction of sp³-hybridized carbons (Fsp3) is 0.227. The molecule has 32 heavy (non-hydrogen) atoms. The average Bonchev–Trinajstić information content (AvgIpc) is 3.20. The van der Waals surface area contributed by atoms with Crippen molar-refractivity contribution < 1.29 is 19.0 Å². The first kappa shape index (κ1) is 23.8. The number of carbonyl (C=O) groups is 1. The highest BCUT2D eigenvalue weighted by atomic mass is 35.5. The molecule has 0 aliphatic rings. The van der Waals surface area contributed by atoms with E-state index in [0.717, 1.165) is 5.56 Å². The molecule has 168 valence electrons. The van der Waals surface area contributed by atoms with Gasteiger partial charge >= 0.3 is 5.97 Å². The monoisotopic (exact) mass is 493 g/mol. The summed E-state index contributed by atoms with van der Waals surface area (Å²) in [4.78, 5) is 15.9. The van der Waals surface area contributed by atoms with Crippen LogP contribution in [0.5, 0.6) is 11.5 Å². The smallest absolute Gasteiger partial charge is 0.311 e. The normalized spacial score (nSPS) is 10.9. The molecule has 0 amide bonds. The first-order valence-electron chi connectivity index (χ1n) is 9.63. The SMILES string of the molecule is CCOC(=O)Cc1csc(NN=Cc2ccc(OC)c(OCc3c(Cl)cccc3Cl)c2)n1. The van der Waals surface area contributed by atoms with Gasteiger partial charge in [-0.1, -0.05) is 29.3 Å². The predicted molar refractivity (Wildman–Crippen MR) is 127 cm³/mol. The van der Waals surface area contributed by atoms with Crippen molar-refractivity contribution in [2.45, 2.75) is 20.0 Å². The molecule has 1 heterocycles. The van der Waals surface area contributed by atoms with Gasteiger partial charge in [-0.15, -0.1) is 11.3 Å². The van der Waals surface area contributed by atoms with Crippen molar-refractivity contribution in [2.24, 2.45) is 5.10 Å². The van der Waals surface area contributed by atoms with Gasteiger partial charge in [0, 0.05) is 21.0 Å². The minimum atomic E-state index is -0.309. The Morgan fingerprint density at radius 3 is 2.72 bits per heavy atom. The molecule has 1 N–H and O–H groups in total. The number of thiazole rings is 1. The molecule has 0 radical (unpaired) electrons. The molecule has 0 saturated carbocycles. The Labute approximate surface area is 199 Å². The van der Waals surface area contributed by atoms with Gasteiger partial charge in [0.25, 0.3) is 0 Å². The van der Waals surface area contributed by atoms with Crippen LogP contribution >= 0.6 is 34.5 Å². The fourth-order valence-electron chi connectivity index (χ4n) is 2.67. The molecule has 0 fully saturated rings. The number of carbonyl (C=O) groups excluding carboxylic acids is 1. The van der Waals surface area contributed by atoms with E-state index < -0.39 is 0 Å². The zero-order valence-electron chi connectivity index (χ0n) is 17.4. The Morgan fingerprint density at radius 2 is 2.00 bits per heavy atom. The van der Waals surface area contributed by atoms with Crippen molar-refractivity contribution >= 4 is 51.9 Å². The first-order valence-corrected chi connectivity index (χ1v) is 11.3. The number of rotatable bonds is 10. The molecular formula is C22H21Cl2N3O4S. The Hall–Kier alpha value is -2.81. The second-order valence-corrected chi connectivity index (χ2v) is 8.07. The number of nitrogens with zero attached hydrogens (tertiary/aromatic N) is 2.